The predicted molar refractivity (Wildman–Crippen MR) is 117 cm³/mol. The molecule has 7 nitrogen and oxygen atoms in total. The van der Waals surface area contributed by atoms with Crippen LogP contribution in [0.2, 0.25) is 5.02 Å². The summed E-state index contributed by atoms with van der Waals surface area (Å²) in [5, 5.41) is 11.4. The minimum absolute atomic E-state index is 0.0147. The average Bonchev–Trinajstić information content (AvgIpc) is 3.02. The van der Waals surface area contributed by atoms with Crippen LogP contribution in [0.5, 0.6) is 11.5 Å². The van der Waals surface area contributed by atoms with Gasteiger partial charge in [0, 0.05) is 19.2 Å². The summed E-state index contributed by atoms with van der Waals surface area (Å²) in [6, 6.07) is 11.0. The molecule has 1 unspecified atom stereocenters. The zero-order valence-electron chi connectivity index (χ0n) is 17.6. The van der Waals surface area contributed by atoms with Crippen LogP contribution in [0.25, 0.3) is 5.76 Å². The van der Waals surface area contributed by atoms with Gasteiger partial charge in [-0.25, -0.2) is 0 Å². The van der Waals surface area contributed by atoms with Gasteiger partial charge in [-0.2, -0.15) is 0 Å². The molecule has 3 rings (SSSR count). The number of Topliss-reactive ketones (excluding diaryl/α,β-unsaturated/α-hetero) is 1. The van der Waals surface area contributed by atoms with E-state index in [0.29, 0.717) is 34.3 Å². The molecule has 164 valence electrons. The average molecular weight is 446 g/mol. The van der Waals surface area contributed by atoms with Crippen LogP contribution in [0.1, 0.15) is 24.1 Å². The first kappa shape index (κ1) is 22.7. The molecule has 31 heavy (non-hydrogen) atoms. The highest BCUT2D eigenvalue weighted by Crippen LogP contribution is 2.41. The molecule has 1 fully saturated rings. The van der Waals surface area contributed by atoms with Gasteiger partial charge >= 0.3 is 0 Å². The first-order valence-electron chi connectivity index (χ1n) is 9.76. The Bertz CT molecular complexity index is 1020. The van der Waals surface area contributed by atoms with Crippen LogP contribution < -0.4 is 9.47 Å². The van der Waals surface area contributed by atoms with Crippen molar-refractivity contribution in [3.63, 3.8) is 0 Å². The molecule has 0 bridgehead atoms. The van der Waals surface area contributed by atoms with Gasteiger partial charge in [0.05, 0.1) is 37.0 Å². The smallest absolute Gasteiger partial charge is 0.295 e. The molecular weight excluding hydrogens is 422 g/mol. The van der Waals surface area contributed by atoms with Crippen LogP contribution in [-0.2, 0) is 14.3 Å². The first-order valence-corrected chi connectivity index (χ1v) is 10.1. The highest BCUT2D eigenvalue weighted by molar-refractivity contribution is 6.46. The summed E-state index contributed by atoms with van der Waals surface area (Å²) in [5.74, 6) is -0.833. The van der Waals surface area contributed by atoms with Crippen LogP contribution in [0, 0.1) is 0 Å². The molecule has 0 aliphatic carbocycles. The quantitative estimate of drug-likeness (QED) is 0.378. The van der Waals surface area contributed by atoms with Gasteiger partial charge in [0.1, 0.15) is 17.3 Å². The second-order valence-corrected chi connectivity index (χ2v) is 7.25. The lowest BCUT2D eigenvalue weighted by Crippen LogP contribution is -2.32. The normalized spacial score (nSPS) is 17.8. The SMILES string of the molecule is CCOc1cccc(C2/C(=C(/O)c3ccc(Cl)c(OC)c3)C(=O)C(=O)N2CCOC)c1. The fourth-order valence-corrected chi connectivity index (χ4v) is 3.75. The van der Waals surface area contributed by atoms with Gasteiger partial charge in [-0.15, -0.1) is 0 Å². The monoisotopic (exact) mass is 445 g/mol. The number of amides is 1. The molecule has 0 aromatic heterocycles. The molecule has 1 amide bonds. The van der Waals surface area contributed by atoms with Gasteiger partial charge in [0.15, 0.2) is 0 Å². The van der Waals surface area contributed by atoms with Crippen LogP contribution >= 0.6 is 11.6 Å². The number of aliphatic hydroxyl groups excluding tert-OH is 1. The zero-order valence-corrected chi connectivity index (χ0v) is 18.3. The maximum absolute atomic E-state index is 13.0. The predicted octanol–water partition coefficient (Wildman–Crippen LogP) is 3.82. The van der Waals surface area contributed by atoms with Crippen LogP contribution in [-0.4, -0.2) is 55.7 Å². The van der Waals surface area contributed by atoms with Crippen LogP contribution in [0.4, 0.5) is 0 Å². The van der Waals surface area contributed by atoms with E-state index in [1.165, 1.54) is 25.2 Å². The highest BCUT2D eigenvalue weighted by atomic mass is 35.5. The van der Waals surface area contributed by atoms with E-state index >= 15 is 0 Å². The molecule has 0 spiro atoms. The Morgan fingerprint density at radius 3 is 2.61 bits per heavy atom. The summed E-state index contributed by atoms with van der Waals surface area (Å²) in [7, 11) is 2.97. The molecule has 1 atom stereocenters. The molecular formula is C23H24ClNO6. The number of aliphatic hydroxyl groups is 1. The van der Waals surface area contributed by atoms with Crippen molar-refractivity contribution in [1.29, 1.82) is 0 Å². The van der Waals surface area contributed by atoms with Crippen molar-refractivity contribution in [2.45, 2.75) is 13.0 Å². The van der Waals surface area contributed by atoms with E-state index in [9.17, 15) is 14.7 Å². The molecule has 2 aromatic carbocycles. The van der Waals surface area contributed by atoms with Gasteiger partial charge in [0.2, 0.25) is 0 Å². The fraction of sp³-hybridized carbons (Fsp3) is 0.304. The van der Waals surface area contributed by atoms with Gasteiger partial charge in [0.25, 0.3) is 11.7 Å². The van der Waals surface area contributed by atoms with Crippen molar-refractivity contribution in [3.8, 4) is 11.5 Å². The minimum Gasteiger partial charge on any atom is -0.507 e. The molecule has 2 aromatic rings. The van der Waals surface area contributed by atoms with Gasteiger partial charge in [-0.3, -0.25) is 9.59 Å². The van der Waals surface area contributed by atoms with Crippen molar-refractivity contribution in [3.05, 3.63) is 64.2 Å². The van der Waals surface area contributed by atoms with E-state index in [1.807, 2.05) is 6.92 Å². The van der Waals surface area contributed by atoms with Crippen LogP contribution in [0.15, 0.2) is 48.0 Å². The van der Waals surface area contributed by atoms with Crippen molar-refractivity contribution >= 4 is 29.1 Å². The molecule has 1 aliphatic heterocycles. The Hall–Kier alpha value is -3.03. The number of carbonyl (C=O) groups excluding carboxylic acids is 2. The molecule has 0 saturated carbocycles. The molecule has 8 heteroatoms. The van der Waals surface area contributed by atoms with E-state index in [2.05, 4.69) is 0 Å². The topological polar surface area (TPSA) is 85.3 Å². The Morgan fingerprint density at radius 1 is 1.16 bits per heavy atom. The number of likely N-dealkylation sites (tertiary alicyclic amines) is 1. The lowest BCUT2D eigenvalue weighted by molar-refractivity contribution is -0.140. The van der Waals surface area contributed by atoms with E-state index in [0.717, 1.165) is 0 Å². The third-order valence-corrected chi connectivity index (χ3v) is 5.30. The second-order valence-electron chi connectivity index (χ2n) is 6.84. The van der Waals surface area contributed by atoms with E-state index in [4.69, 9.17) is 25.8 Å². The molecule has 0 radical (unpaired) electrons. The Kier molecular flexibility index (Phi) is 7.20. The number of ketones is 1. The Labute approximate surface area is 185 Å². The Morgan fingerprint density at radius 2 is 1.94 bits per heavy atom. The molecule has 1 N–H and O–H groups in total. The van der Waals surface area contributed by atoms with E-state index in [-0.39, 0.29) is 24.5 Å². The number of ether oxygens (including phenoxy) is 3. The lowest BCUT2D eigenvalue weighted by atomic mass is 9.95. The lowest BCUT2D eigenvalue weighted by Gasteiger charge is -2.25. The summed E-state index contributed by atoms with van der Waals surface area (Å²) in [6.07, 6.45) is 0. The minimum atomic E-state index is -0.794. The van der Waals surface area contributed by atoms with E-state index < -0.39 is 17.7 Å². The number of hydrogen-bond acceptors (Lipinski definition) is 6. The Balaban J connectivity index is 2.17. The summed E-state index contributed by atoms with van der Waals surface area (Å²) < 4.78 is 15.9. The zero-order chi connectivity index (χ0) is 22.5. The third-order valence-electron chi connectivity index (χ3n) is 4.99. The van der Waals surface area contributed by atoms with E-state index in [1.54, 1.807) is 36.4 Å². The highest BCUT2D eigenvalue weighted by Gasteiger charge is 2.46. The summed E-state index contributed by atoms with van der Waals surface area (Å²) in [6.45, 7) is 2.76. The molecule has 1 saturated heterocycles. The standard InChI is InChI=1S/C23H24ClNO6/c1-4-31-16-7-5-6-14(12-16)20-19(22(27)23(28)25(20)10-11-29-2)21(26)15-8-9-17(24)18(13-15)30-3/h5-9,12-13,20,26H,4,10-11H2,1-3H3/b21-19-. The summed E-state index contributed by atoms with van der Waals surface area (Å²) >= 11 is 6.08. The number of halogens is 1. The number of hydrogen-bond donors (Lipinski definition) is 1. The number of benzene rings is 2. The van der Waals surface area contributed by atoms with Crippen molar-refractivity contribution < 1.29 is 28.9 Å². The maximum atomic E-state index is 13.0. The number of rotatable bonds is 8. The number of nitrogens with zero attached hydrogens (tertiary/aromatic N) is 1. The fourth-order valence-electron chi connectivity index (χ4n) is 3.55. The van der Waals surface area contributed by atoms with Crippen molar-refractivity contribution in [1.82, 2.24) is 4.90 Å². The first-order chi connectivity index (χ1) is 14.9. The third kappa shape index (κ3) is 4.52. The summed E-state index contributed by atoms with van der Waals surface area (Å²) in [5.41, 5.74) is 0.944. The largest absolute Gasteiger partial charge is 0.507 e. The maximum Gasteiger partial charge on any atom is 0.295 e. The van der Waals surface area contributed by atoms with Gasteiger partial charge in [-0.05, 0) is 42.8 Å². The van der Waals surface area contributed by atoms with Gasteiger partial charge < -0.3 is 24.2 Å². The number of carbonyl (C=O) groups is 2. The summed E-state index contributed by atoms with van der Waals surface area (Å²) in [4.78, 5) is 27.2. The molecule has 1 heterocycles. The van der Waals surface area contributed by atoms with Crippen LogP contribution in [0.3, 0.4) is 0 Å². The van der Waals surface area contributed by atoms with Gasteiger partial charge in [-0.1, -0.05) is 23.7 Å². The number of methoxy groups -OCH3 is 2. The molecule has 1 aliphatic rings. The van der Waals surface area contributed by atoms with Crippen molar-refractivity contribution in [2.75, 3.05) is 34.0 Å². The van der Waals surface area contributed by atoms with Crippen molar-refractivity contribution in [2.24, 2.45) is 0 Å². The second kappa shape index (κ2) is 9.85.